The first-order valence-corrected chi connectivity index (χ1v) is 7.86. The Morgan fingerprint density at radius 3 is 2.48 bits per heavy atom. The SMILES string of the molecule is O=C(Nc1ccc(Nc2ccc(Cl)c(C(F)(F)F)c2)cn1)NC1CC1. The maximum atomic E-state index is 12.9. The van der Waals surface area contributed by atoms with Crippen molar-refractivity contribution in [1.82, 2.24) is 10.3 Å². The summed E-state index contributed by atoms with van der Waals surface area (Å²) >= 11 is 5.59. The fourth-order valence-electron chi connectivity index (χ4n) is 2.09. The van der Waals surface area contributed by atoms with Gasteiger partial charge in [0.05, 0.1) is 22.5 Å². The van der Waals surface area contributed by atoms with E-state index in [1.54, 1.807) is 12.1 Å². The van der Waals surface area contributed by atoms with Gasteiger partial charge in [-0.2, -0.15) is 13.2 Å². The van der Waals surface area contributed by atoms with Crippen LogP contribution in [0.25, 0.3) is 0 Å². The number of urea groups is 1. The Morgan fingerprint density at radius 2 is 1.88 bits per heavy atom. The van der Waals surface area contributed by atoms with Crippen LogP contribution < -0.4 is 16.0 Å². The van der Waals surface area contributed by atoms with Gasteiger partial charge in [-0.1, -0.05) is 11.6 Å². The second-order valence-electron chi connectivity index (χ2n) is 5.62. The summed E-state index contributed by atoms with van der Waals surface area (Å²) in [6, 6.07) is 6.59. The van der Waals surface area contributed by atoms with Crippen LogP contribution in [0, 0.1) is 0 Å². The fourth-order valence-corrected chi connectivity index (χ4v) is 2.32. The monoisotopic (exact) mass is 370 g/mol. The number of amides is 2. The molecule has 0 unspecified atom stereocenters. The molecule has 0 atom stereocenters. The Bertz CT molecular complexity index is 776. The van der Waals surface area contributed by atoms with E-state index in [-0.39, 0.29) is 22.8 Å². The minimum Gasteiger partial charge on any atom is -0.354 e. The number of benzene rings is 1. The average molecular weight is 371 g/mol. The van der Waals surface area contributed by atoms with Gasteiger partial charge in [-0.05, 0) is 43.2 Å². The summed E-state index contributed by atoms with van der Waals surface area (Å²) in [5.74, 6) is 0.343. The fraction of sp³-hybridized carbons (Fsp3) is 0.250. The van der Waals surface area contributed by atoms with Crippen LogP contribution in [0.4, 0.5) is 35.2 Å². The lowest BCUT2D eigenvalue weighted by Gasteiger charge is -2.12. The first-order chi connectivity index (χ1) is 11.8. The number of hydrogen-bond donors (Lipinski definition) is 3. The van der Waals surface area contributed by atoms with Crippen molar-refractivity contribution in [3.63, 3.8) is 0 Å². The standard InChI is InChI=1S/C16H14ClF3N4O/c17-13-5-3-10(7-12(13)16(18,19)20)22-11-4-6-14(21-8-11)24-15(25)23-9-1-2-9/h3-9,22H,1-2H2,(H2,21,23,24,25). The molecular weight excluding hydrogens is 357 g/mol. The van der Waals surface area contributed by atoms with Crippen molar-refractivity contribution in [3.05, 3.63) is 47.1 Å². The number of hydrogen-bond acceptors (Lipinski definition) is 3. The smallest absolute Gasteiger partial charge is 0.354 e. The summed E-state index contributed by atoms with van der Waals surface area (Å²) in [5, 5.41) is 7.80. The number of pyridine rings is 1. The molecule has 1 aliphatic rings. The molecule has 1 saturated carbocycles. The molecule has 0 radical (unpaired) electrons. The Labute approximate surface area is 146 Å². The highest BCUT2D eigenvalue weighted by molar-refractivity contribution is 6.31. The van der Waals surface area contributed by atoms with Gasteiger partial charge >= 0.3 is 12.2 Å². The second-order valence-corrected chi connectivity index (χ2v) is 6.03. The number of anilines is 3. The van der Waals surface area contributed by atoms with Gasteiger partial charge in [0.25, 0.3) is 0 Å². The molecule has 2 aromatic rings. The third kappa shape index (κ3) is 4.76. The summed E-state index contributed by atoms with van der Waals surface area (Å²) in [6.07, 6.45) is -1.17. The number of aromatic nitrogens is 1. The Balaban J connectivity index is 1.66. The minimum absolute atomic E-state index is 0.228. The van der Waals surface area contributed by atoms with Crippen LogP contribution in [-0.4, -0.2) is 17.1 Å². The predicted octanol–water partition coefficient (Wildman–Crippen LogP) is 4.78. The predicted molar refractivity (Wildman–Crippen MR) is 89.2 cm³/mol. The van der Waals surface area contributed by atoms with Crippen LogP contribution in [0.3, 0.4) is 0 Å². The Kier molecular flexibility index (Phi) is 4.71. The van der Waals surface area contributed by atoms with Crippen molar-refractivity contribution >= 4 is 34.8 Å². The van der Waals surface area contributed by atoms with E-state index in [0.717, 1.165) is 18.9 Å². The zero-order valence-electron chi connectivity index (χ0n) is 12.8. The molecular formula is C16H14ClF3N4O. The first-order valence-electron chi connectivity index (χ1n) is 7.48. The van der Waals surface area contributed by atoms with E-state index in [2.05, 4.69) is 20.9 Å². The summed E-state index contributed by atoms with van der Waals surface area (Å²) < 4.78 is 38.6. The molecule has 1 aromatic heterocycles. The normalized spacial score (nSPS) is 14.1. The molecule has 2 amide bonds. The molecule has 0 saturated heterocycles. The molecule has 132 valence electrons. The molecule has 1 aliphatic carbocycles. The van der Waals surface area contributed by atoms with Gasteiger partial charge in [0.15, 0.2) is 0 Å². The van der Waals surface area contributed by atoms with Gasteiger partial charge in [-0.15, -0.1) is 0 Å². The Morgan fingerprint density at radius 1 is 1.16 bits per heavy atom. The van der Waals surface area contributed by atoms with E-state index in [0.29, 0.717) is 11.5 Å². The van der Waals surface area contributed by atoms with Gasteiger partial charge in [-0.25, -0.2) is 9.78 Å². The number of alkyl halides is 3. The van der Waals surface area contributed by atoms with Gasteiger partial charge in [-0.3, -0.25) is 5.32 Å². The van der Waals surface area contributed by atoms with E-state index < -0.39 is 11.7 Å². The molecule has 25 heavy (non-hydrogen) atoms. The maximum absolute atomic E-state index is 12.9. The average Bonchev–Trinajstić information content (AvgIpc) is 3.34. The third-order valence-corrected chi connectivity index (χ3v) is 3.81. The summed E-state index contributed by atoms with van der Waals surface area (Å²) in [6.45, 7) is 0. The molecule has 3 rings (SSSR count). The maximum Gasteiger partial charge on any atom is 0.417 e. The summed E-state index contributed by atoms with van der Waals surface area (Å²) in [4.78, 5) is 15.7. The van der Waals surface area contributed by atoms with Crippen LogP contribution in [-0.2, 0) is 6.18 Å². The molecule has 3 N–H and O–H groups in total. The van der Waals surface area contributed by atoms with E-state index in [9.17, 15) is 18.0 Å². The molecule has 9 heteroatoms. The lowest BCUT2D eigenvalue weighted by Crippen LogP contribution is -2.30. The number of carbonyl (C=O) groups excluding carboxylic acids is 1. The second kappa shape index (κ2) is 6.79. The van der Waals surface area contributed by atoms with Crippen molar-refractivity contribution < 1.29 is 18.0 Å². The zero-order chi connectivity index (χ0) is 18.0. The lowest BCUT2D eigenvalue weighted by molar-refractivity contribution is -0.137. The molecule has 1 fully saturated rings. The number of carbonyl (C=O) groups is 1. The highest BCUT2D eigenvalue weighted by Crippen LogP contribution is 2.36. The first kappa shape index (κ1) is 17.3. The minimum atomic E-state index is -4.53. The number of halogens is 4. The van der Waals surface area contributed by atoms with Gasteiger partial charge in [0, 0.05) is 11.7 Å². The quantitative estimate of drug-likeness (QED) is 0.725. The van der Waals surface area contributed by atoms with Crippen molar-refractivity contribution in [2.75, 3.05) is 10.6 Å². The van der Waals surface area contributed by atoms with E-state index >= 15 is 0 Å². The van der Waals surface area contributed by atoms with Gasteiger partial charge in [0.1, 0.15) is 5.82 Å². The van der Waals surface area contributed by atoms with E-state index in [1.165, 1.54) is 18.3 Å². The van der Waals surface area contributed by atoms with Crippen LogP contribution in [0.2, 0.25) is 5.02 Å². The van der Waals surface area contributed by atoms with E-state index in [4.69, 9.17) is 11.6 Å². The lowest BCUT2D eigenvalue weighted by atomic mass is 10.2. The number of rotatable bonds is 4. The summed E-state index contributed by atoms with van der Waals surface area (Å²) in [5.41, 5.74) is -0.212. The number of nitrogens with one attached hydrogen (secondary N) is 3. The van der Waals surface area contributed by atoms with Crippen molar-refractivity contribution in [2.45, 2.75) is 25.1 Å². The summed E-state index contributed by atoms with van der Waals surface area (Å²) in [7, 11) is 0. The molecule has 1 heterocycles. The van der Waals surface area contributed by atoms with Crippen LogP contribution in [0.5, 0.6) is 0 Å². The van der Waals surface area contributed by atoms with Gasteiger partial charge in [0.2, 0.25) is 0 Å². The van der Waals surface area contributed by atoms with Crippen LogP contribution >= 0.6 is 11.6 Å². The molecule has 1 aromatic carbocycles. The van der Waals surface area contributed by atoms with Crippen molar-refractivity contribution in [3.8, 4) is 0 Å². The molecule has 0 aliphatic heterocycles. The number of nitrogens with zero attached hydrogens (tertiary/aromatic N) is 1. The van der Waals surface area contributed by atoms with Gasteiger partial charge < -0.3 is 10.6 Å². The largest absolute Gasteiger partial charge is 0.417 e. The highest BCUT2D eigenvalue weighted by atomic mass is 35.5. The third-order valence-electron chi connectivity index (χ3n) is 3.48. The topological polar surface area (TPSA) is 66.0 Å². The van der Waals surface area contributed by atoms with Crippen molar-refractivity contribution in [2.24, 2.45) is 0 Å². The van der Waals surface area contributed by atoms with Crippen LogP contribution in [0.15, 0.2) is 36.5 Å². The molecule has 0 spiro atoms. The van der Waals surface area contributed by atoms with E-state index in [1.807, 2.05) is 0 Å². The van der Waals surface area contributed by atoms with Crippen molar-refractivity contribution in [1.29, 1.82) is 0 Å². The molecule has 5 nitrogen and oxygen atoms in total. The highest BCUT2D eigenvalue weighted by Gasteiger charge is 2.33. The Hall–Kier alpha value is -2.48. The molecule has 0 bridgehead atoms. The van der Waals surface area contributed by atoms with Crippen LogP contribution in [0.1, 0.15) is 18.4 Å². The zero-order valence-corrected chi connectivity index (χ0v) is 13.6.